The Hall–Kier alpha value is -1.28. The van der Waals surface area contributed by atoms with Crippen molar-refractivity contribution in [3.05, 3.63) is 11.5 Å². The Labute approximate surface area is 97.3 Å². The number of ether oxygens (including phenoxy) is 1. The lowest BCUT2D eigenvalue weighted by Crippen LogP contribution is -2.39. The molecule has 0 aromatic rings. The van der Waals surface area contributed by atoms with Crippen molar-refractivity contribution in [3.8, 4) is 6.07 Å². The zero-order valence-corrected chi connectivity index (χ0v) is 11.3. The molecule has 1 rings (SSSR count). The molecule has 0 saturated carbocycles. The topological polar surface area (TPSA) is 62.1 Å². The standard InChI is InChI=1S/C11H18N2O2Si/c1-15-11-8(6-12)5-9(10(14)13-11)7-16(2,3)4/h9H,5,7H2,1-4H3,(H,13,14). The van der Waals surface area contributed by atoms with Crippen molar-refractivity contribution in [2.45, 2.75) is 32.1 Å². The Bertz CT molecular complexity index is 363. The molecule has 1 heterocycles. The molecule has 0 radical (unpaired) electrons. The molecule has 0 aromatic heterocycles. The maximum atomic E-state index is 11.8. The molecular weight excluding hydrogens is 220 g/mol. The van der Waals surface area contributed by atoms with E-state index in [-0.39, 0.29) is 11.8 Å². The third-order valence-electron chi connectivity index (χ3n) is 2.53. The van der Waals surface area contributed by atoms with Crippen molar-refractivity contribution in [1.82, 2.24) is 5.32 Å². The lowest BCUT2D eigenvalue weighted by Gasteiger charge is -2.27. The fraction of sp³-hybridized carbons (Fsp3) is 0.636. The maximum Gasteiger partial charge on any atom is 0.229 e. The Morgan fingerprint density at radius 2 is 2.19 bits per heavy atom. The fourth-order valence-electron chi connectivity index (χ4n) is 1.90. The molecule has 1 atom stereocenters. The van der Waals surface area contributed by atoms with Crippen molar-refractivity contribution in [1.29, 1.82) is 5.26 Å². The van der Waals surface area contributed by atoms with Gasteiger partial charge in [-0.25, -0.2) is 0 Å². The van der Waals surface area contributed by atoms with Gasteiger partial charge in [0.1, 0.15) is 6.07 Å². The highest BCUT2D eigenvalue weighted by molar-refractivity contribution is 6.76. The molecule has 0 bridgehead atoms. The van der Waals surface area contributed by atoms with Crippen LogP contribution in [0, 0.1) is 17.2 Å². The zero-order chi connectivity index (χ0) is 12.3. The van der Waals surface area contributed by atoms with Crippen LogP contribution in [0.3, 0.4) is 0 Å². The number of amides is 1. The van der Waals surface area contributed by atoms with Crippen molar-refractivity contribution >= 4 is 14.0 Å². The van der Waals surface area contributed by atoms with Crippen LogP contribution in [-0.2, 0) is 9.53 Å². The van der Waals surface area contributed by atoms with Crippen LogP contribution in [0.2, 0.25) is 25.7 Å². The molecule has 0 spiro atoms. The summed E-state index contributed by atoms with van der Waals surface area (Å²) in [6.45, 7) is 6.67. The zero-order valence-electron chi connectivity index (χ0n) is 10.3. The van der Waals surface area contributed by atoms with E-state index in [9.17, 15) is 4.79 Å². The Morgan fingerprint density at radius 1 is 1.56 bits per heavy atom. The average Bonchev–Trinajstić information content (AvgIpc) is 2.18. The molecule has 4 nitrogen and oxygen atoms in total. The number of rotatable bonds is 3. The Kier molecular flexibility index (Phi) is 3.76. The highest BCUT2D eigenvalue weighted by Crippen LogP contribution is 2.27. The highest BCUT2D eigenvalue weighted by atomic mass is 28.3. The highest BCUT2D eigenvalue weighted by Gasteiger charge is 2.32. The van der Waals surface area contributed by atoms with E-state index in [2.05, 4.69) is 31.0 Å². The largest absolute Gasteiger partial charge is 0.482 e. The Morgan fingerprint density at radius 3 is 2.62 bits per heavy atom. The molecule has 5 heteroatoms. The molecule has 0 aromatic carbocycles. The first-order chi connectivity index (χ1) is 7.37. The van der Waals surface area contributed by atoms with Gasteiger partial charge in [0, 0.05) is 14.0 Å². The minimum absolute atomic E-state index is 0.0155. The smallest absolute Gasteiger partial charge is 0.229 e. The molecule has 1 N–H and O–H groups in total. The first-order valence-corrected chi connectivity index (χ1v) is 9.06. The van der Waals surface area contributed by atoms with Crippen LogP contribution in [0.15, 0.2) is 11.5 Å². The molecule has 0 fully saturated rings. The molecule has 88 valence electrons. The molecule has 0 aliphatic carbocycles. The number of carbonyl (C=O) groups excluding carboxylic acids is 1. The number of nitrogens with zero attached hydrogens (tertiary/aromatic N) is 1. The monoisotopic (exact) mass is 238 g/mol. The van der Waals surface area contributed by atoms with Crippen molar-refractivity contribution in [3.63, 3.8) is 0 Å². The number of allylic oxidation sites excluding steroid dienone is 1. The SMILES string of the molecule is COC1=C(C#N)CC(C[Si](C)(C)C)C(=O)N1. The summed E-state index contributed by atoms with van der Waals surface area (Å²) in [4.78, 5) is 11.8. The van der Waals surface area contributed by atoms with E-state index in [1.165, 1.54) is 7.11 Å². The third kappa shape index (κ3) is 3.10. The summed E-state index contributed by atoms with van der Waals surface area (Å²) in [5.41, 5.74) is 0.547. The van der Waals surface area contributed by atoms with E-state index in [0.29, 0.717) is 17.9 Å². The predicted molar refractivity (Wildman–Crippen MR) is 64.1 cm³/mol. The van der Waals surface area contributed by atoms with Crippen molar-refractivity contribution < 1.29 is 9.53 Å². The molecule has 16 heavy (non-hydrogen) atoms. The summed E-state index contributed by atoms with van der Waals surface area (Å²) in [6, 6.07) is 3.00. The third-order valence-corrected chi connectivity index (χ3v) is 4.25. The van der Waals surface area contributed by atoms with Crippen LogP contribution < -0.4 is 5.32 Å². The number of methoxy groups -OCH3 is 1. The molecular formula is C11H18N2O2Si. The van der Waals surface area contributed by atoms with E-state index in [1.807, 2.05) is 0 Å². The lowest BCUT2D eigenvalue weighted by atomic mass is 9.98. The normalized spacial score (nSPS) is 21.4. The van der Waals surface area contributed by atoms with Gasteiger partial charge in [-0.1, -0.05) is 19.6 Å². The van der Waals surface area contributed by atoms with Gasteiger partial charge < -0.3 is 4.74 Å². The minimum Gasteiger partial charge on any atom is -0.482 e. The van der Waals surface area contributed by atoms with Gasteiger partial charge >= 0.3 is 0 Å². The van der Waals surface area contributed by atoms with Gasteiger partial charge in [0.2, 0.25) is 11.8 Å². The van der Waals surface area contributed by atoms with Crippen LogP contribution in [-0.4, -0.2) is 21.1 Å². The van der Waals surface area contributed by atoms with E-state index in [1.54, 1.807) is 0 Å². The average molecular weight is 238 g/mol. The molecule has 0 saturated heterocycles. The first kappa shape index (κ1) is 12.8. The first-order valence-electron chi connectivity index (χ1n) is 5.35. The van der Waals surface area contributed by atoms with Crippen LogP contribution in [0.25, 0.3) is 0 Å². The van der Waals surface area contributed by atoms with Crippen LogP contribution in [0.5, 0.6) is 0 Å². The quantitative estimate of drug-likeness (QED) is 0.763. The summed E-state index contributed by atoms with van der Waals surface area (Å²) in [5, 5.41) is 11.6. The minimum atomic E-state index is -1.29. The molecule has 1 unspecified atom stereocenters. The molecule has 1 amide bonds. The molecule has 1 aliphatic rings. The van der Waals surface area contributed by atoms with Gasteiger partial charge in [-0.05, 0) is 12.5 Å². The van der Waals surface area contributed by atoms with E-state index in [4.69, 9.17) is 10.00 Å². The van der Waals surface area contributed by atoms with Gasteiger partial charge in [0.25, 0.3) is 0 Å². The number of hydrogen-bond acceptors (Lipinski definition) is 3. The summed E-state index contributed by atoms with van der Waals surface area (Å²) in [6.07, 6.45) is 0.510. The second-order valence-corrected chi connectivity index (χ2v) is 10.8. The summed E-state index contributed by atoms with van der Waals surface area (Å²) in [5.74, 6) is 0.234. The van der Waals surface area contributed by atoms with E-state index < -0.39 is 8.07 Å². The number of nitriles is 1. The van der Waals surface area contributed by atoms with Gasteiger partial charge in [0.05, 0.1) is 12.7 Å². The van der Waals surface area contributed by atoms with Gasteiger partial charge in [-0.2, -0.15) is 5.26 Å². The van der Waals surface area contributed by atoms with Crippen LogP contribution >= 0.6 is 0 Å². The predicted octanol–water partition coefficient (Wildman–Crippen LogP) is 1.84. The van der Waals surface area contributed by atoms with Gasteiger partial charge in [0.15, 0.2) is 0 Å². The second kappa shape index (κ2) is 4.70. The fourth-order valence-corrected chi connectivity index (χ4v) is 3.70. The molecule has 1 aliphatic heterocycles. The Balaban J connectivity index is 2.84. The van der Waals surface area contributed by atoms with Gasteiger partial charge in [-0.3, -0.25) is 10.1 Å². The lowest BCUT2D eigenvalue weighted by molar-refractivity contribution is -0.125. The van der Waals surface area contributed by atoms with Gasteiger partial charge in [-0.15, -0.1) is 0 Å². The number of hydrogen-bond donors (Lipinski definition) is 1. The maximum absolute atomic E-state index is 11.8. The number of nitrogens with one attached hydrogen (secondary N) is 1. The summed E-state index contributed by atoms with van der Waals surface area (Å²) in [7, 11) is 0.169. The van der Waals surface area contributed by atoms with E-state index >= 15 is 0 Å². The van der Waals surface area contributed by atoms with E-state index in [0.717, 1.165) is 6.04 Å². The van der Waals surface area contributed by atoms with Crippen molar-refractivity contribution in [2.24, 2.45) is 5.92 Å². The number of carbonyl (C=O) groups is 1. The summed E-state index contributed by atoms with van der Waals surface area (Å²) >= 11 is 0. The van der Waals surface area contributed by atoms with Crippen LogP contribution in [0.1, 0.15) is 6.42 Å². The summed E-state index contributed by atoms with van der Waals surface area (Å²) < 4.78 is 4.98. The van der Waals surface area contributed by atoms with Crippen LogP contribution in [0.4, 0.5) is 0 Å². The van der Waals surface area contributed by atoms with Crippen molar-refractivity contribution in [2.75, 3.05) is 7.11 Å². The second-order valence-electron chi connectivity index (χ2n) is 5.28.